The van der Waals surface area contributed by atoms with E-state index in [9.17, 15) is 32.8 Å². The number of fused-ring (bicyclic) bond motifs is 1. The molecule has 1 unspecified atom stereocenters. The zero-order valence-corrected chi connectivity index (χ0v) is 34.1. The topological polar surface area (TPSA) is 212 Å². The van der Waals surface area contributed by atoms with E-state index < -0.39 is 47.7 Å². The summed E-state index contributed by atoms with van der Waals surface area (Å²) in [6.45, 7) is 3.00. The number of aromatic nitrogens is 4. The molecule has 8 rings (SSSR count). The van der Waals surface area contributed by atoms with Gasteiger partial charge < -0.3 is 29.8 Å². The van der Waals surface area contributed by atoms with E-state index in [0.717, 1.165) is 36.3 Å². The van der Waals surface area contributed by atoms with Gasteiger partial charge in [0, 0.05) is 43.6 Å². The molecule has 0 radical (unpaired) electrons. The van der Waals surface area contributed by atoms with Crippen molar-refractivity contribution >= 4 is 46.7 Å². The van der Waals surface area contributed by atoms with Gasteiger partial charge in [0.05, 0.1) is 48.5 Å². The van der Waals surface area contributed by atoms with Crippen molar-refractivity contribution in [3.05, 3.63) is 101 Å². The number of carbonyl (C=O) groups excluding carboxylic acids is 5. The van der Waals surface area contributed by atoms with Crippen LogP contribution in [0, 0.1) is 5.92 Å². The zero-order chi connectivity index (χ0) is 43.9. The first-order valence-electron chi connectivity index (χ1n) is 20.8. The lowest BCUT2D eigenvalue weighted by Crippen LogP contribution is -2.54. The van der Waals surface area contributed by atoms with Gasteiger partial charge >= 0.3 is 0 Å². The number of rotatable bonds is 21. The second kappa shape index (κ2) is 19.5. The summed E-state index contributed by atoms with van der Waals surface area (Å²) in [6, 6.07) is 14.6. The molecule has 0 spiro atoms. The van der Waals surface area contributed by atoms with E-state index in [0.29, 0.717) is 61.6 Å². The van der Waals surface area contributed by atoms with E-state index in [4.69, 9.17) is 13.9 Å². The van der Waals surface area contributed by atoms with Crippen LogP contribution in [0.3, 0.4) is 0 Å². The lowest BCUT2D eigenvalue weighted by molar-refractivity contribution is -0.136. The Labute approximate surface area is 359 Å². The summed E-state index contributed by atoms with van der Waals surface area (Å²) < 4.78 is 46.3. The molecule has 2 aliphatic heterocycles. The molecule has 4 N–H and O–H groups in total. The molecule has 1 atom stereocenters. The van der Waals surface area contributed by atoms with Gasteiger partial charge in [0.1, 0.15) is 18.1 Å². The van der Waals surface area contributed by atoms with Crippen molar-refractivity contribution in [2.24, 2.45) is 5.92 Å². The number of benzene rings is 2. The monoisotopic (exact) mass is 865 g/mol. The van der Waals surface area contributed by atoms with E-state index in [1.807, 2.05) is 12.1 Å². The van der Waals surface area contributed by atoms with Gasteiger partial charge in [-0.2, -0.15) is 5.10 Å². The maximum absolute atomic E-state index is 14.0. The fourth-order valence-corrected chi connectivity index (χ4v) is 7.22. The molecule has 3 aromatic heterocycles. The first-order valence-corrected chi connectivity index (χ1v) is 20.8. The average molecular weight is 866 g/mol. The normalized spacial score (nSPS) is 16.1. The number of amides is 5. The molecule has 0 bridgehead atoms. The molecule has 63 heavy (non-hydrogen) atoms. The summed E-state index contributed by atoms with van der Waals surface area (Å²) in [7, 11) is 0. The van der Waals surface area contributed by atoms with Crippen molar-refractivity contribution in [3.8, 4) is 17.1 Å². The minimum Gasteiger partial charge on any atom is -0.444 e. The molecule has 3 aliphatic rings. The number of anilines is 3. The van der Waals surface area contributed by atoms with Gasteiger partial charge in [-0.05, 0) is 92.5 Å². The quantitative estimate of drug-likeness (QED) is 0.0508. The highest BCUT2D eigenvalue weighted by molar-refractivity contribution is 6.23. The van der Waals surface area contributed by atoms with Crippen molar-refractivity contribution in [3.63, 3.8) is 0 Å². The fourth-order valence-electron chi connectivity index (χ4n) is 7.22. The van der Waals surface area contributed by atoms with E-state index in [2.05, 4.69) is 36.3 Å². The number of imide groups is 2. The molecule has 5 amide bonds. The highest BCUT2D eigenvalue weighted by Gasteiger charge is 2.44. The summed E-state index contributed by atoms with van der Waals surface area (Å²) >= 11 is 0. The van der Waals surface area contributed by atoms with E-state index in [1.165, 1.54) is 30.0 Å². The number of nitrogens with zero attached hydrogens (tertiary/aromatic N) is 5. The molecular weight excluding hydrogens is 821 g/mol. The van der Waals surface area contributed by atoms with Crippen molar-refractivity contribution < 1.29 is 46.6 Å². The van der Waals surface area contributed by atoms with Crippen molar-refractivity contribution in [2.75, 3.05) is 55.5 Å². The van der Waals surface area contributed by atoms with E-state index >= 15 is 0 Å². The summed E-state index contributed by atoms with van der Waals surface area (Å²) in [5, 5.41) is 15.2. The number of ether oxygens (including phenoxy) is 2. The summed E-state index contributed by atoms with van der Waals surface area (Å²) in [5.41, 5.74) is 2.46. The molecular formula is C44H45F2N9O8. The Morgan fingerprint density at radius 2 is 1.70 bits per heavy atom. The number of pyridine rings is 1. The van der Waals surface area contributed by atoms with Crippen molar-refractivity contribution in [2.45, 2.75) is 57.4 Å². The number of carbonyl (C=O) groups is 5. The number of piperidine rings is 1. The van der Waals surface area contributed by atoms with Crippen LogP contribution >= 0.6 is 0 Å². The number of oxazole rings is 1. The first-order chi connectivity index (χ1) is 30.6. The van der Waals surface area contributed by atoms with Crippen LogP contribution in [0.1, 0.15) is 87.4 Å². The molecule has 19 heteroatoms. The Balaban J connectivity index is 0.717. The lowest BCUT2D eigenvalue weighted by Gasteiger charge is -2.27. The van der Waals surface area contributed by atoms with Gasteiger partial charge in [-0.25, -0.2) is 23.4 Å². The maximum atomic E-state index is 14.0. The van der Waals surface area contributed by atoms with Crippen molar-refractivity contribution in [1.29, 1.82) is 0 Å². The highest BCUT2D eigenvalue weighted by Crippen LogP contribution is 2.32. The van der Waals surface area contributed by atoms with Gasteiger partial charge in [0.2, 0.25) is 17.7 Å². The van der Waals surface area contributed by atoms with Gasteiger partial charge in [-0.1, -0.05) is 12.1 Å². The third-order valence-electron chi connectivity index (χ3n) is 10.8. The minimum absolute atomic E-state index is 0.0565. The van der Waals surface area contributed by atoms with Gasteiger partial charge in [0.15, 0.2) is 11.4 Å². The number of nitrogens with one attached hydrogen (secondary N) is 4. The molecule has 2 fully saturated rings. The third kappa shape index (κ3) is 10.4. The summed E-state index contributed by atoms with van der Waals surface area (Å²) in [5.74, 6) is -1.39. The van der Waals surface area contributed by atoms with Crippen LogP contribution in [0.15, 0.2) is 77.7 Å². The number of alkyl halides is 2. The number of hydrogen-bond acceptors (Lipinski definition) is 13. The molecule has 5 heterocycles. The second-order valence-corrected chi connectivity index (χ2v) is 15.4. The van der Waals surface area contributed by atoms with E-state index in [-0.39, 0.29) is 41.2 Å². The molecule has 1 saturated carbocycles. The Bertz CT molecular complexity index is 2490. The average Bonchev–Trinajstić information content (AvgIpc) is 3.69. The van der Waals surface area contributed by atoms with Gasteiger partial charge in [-0.3, -0.25) is 34.2 Å². The summed E-state index contributed by atoms with van der Waals surface area (Å²) in [6.07, 6.45) is 6.21. The largest absolute Gasteiger partial charge is 0.444 e. The highest BCUT2D eigenvalue weighted by atomic mass is 19.3. The second-order valence-electron chi connectivity index (χ2n) is 15.4. The Hall–Kier alpha value is -6.86. The smallest absolute Gasteiger partial charge is 0.284 e. The molecule has 328 valence electrons. The van der Waals surface area contributed by atoms with Crippen LogP contribution in [-0.4, -0.2) is 99.7 Å². The van der Waals surface area contributed by atoms with Crippen LogP contribution in [0.2, 0.25) is 0 Å². The third-order valence-corrected chi connectivity index (χ3v) is 10.8. The Kier molecular flexibility index (Phi) is 13.2. The SMILES string of the molecule is O=C1CCC(N2C(=O)c3ccc(NCCOCCOCCCCc4ccc(-n5cc(NC(=O)c6coc(-c7ccnc(NCC8CC8)c7)n6)c(C(F)F)n5)cc4)cc3C2=O)C(=O)N1. The summed E-state index contributed by atoms with van der Waals surface area (Å²) in [4.78, 5) is 72.3. The fraction of sp³-hybridized carbons (Fsp3) is 0.364. The zero-order valence-electron chi connectivity index (χ0n) is 34.1. The molecule has 1 aliphatic carbocycles. The first kappa shape index (κ1) is 42.8. The number of aryl methyl sites for hydroxylation is 1. The van der Waals surface area contributed by atoms with Crippen molar-refractivity contribution in [1.82, 2.24) is 30.0 Å². The van der Waals surface area contributed by atoms with Crippen LogP contribution < -0.4 is 21.3 Å². The van der Waals surface area contributed by atoms with Crippen LogP contribution in [0.25, 0.3) is 17.1 Å². The minimum atomic E-state index is -2.94. The lowest BCUT2D eigenvalue weighted by atomic mass is 10.0. The molecule has 1 saturated heterocycles. The predicted molar refractivity (Wildman–Crippen MR) is 224 cm³/mol. The number of halogens is 2. The number of unbranched alkanes of at least 4 members (excludes halogenated alkanes) is 1. The molecule has 5 aromatic rings. The van der Waals surface area contributed by atoms with Crippen LogP contribution in [-0.2, 0) is 25.5 Å². The molecule has 17 nitrogen and oxygen atoms in total. The van der Waals surface area contributed by atoms with Gasteiger partial charge in [-0.15, -0.1) is 0 Å². The Morgan fingerprint density at radius 3 is 2.48 bits per heavy atom. The van der Waals surface area contributed by atoms with Crippen LogP contribution in [0.5, 0.6) is 0 Å². The van der Waals surface area contributed by atoms with E-state index in [1.54, 1.807) is 48.7 Å². The predicted octanol–water partition coefficient (Wildman–Crippen LogP) is 5.80. The van der Waals surface area contributed by atoms with Crippen LogP contribution in [0.4, 0.5) is 26.0 Å². The maximum Gasteiger partial charge on any atom is 0.284 e. The standard InChI is InChI=1S/C44H45F2N9O8/c45-39(46)38-33(50-40(57)34-25-63-42(51-34)28-14-15-48-36(21-28)49-23-27-4-5-27)24-54(53-38)30-9-6-26(7-10-30)3-1-2-17-61-19-20-62-18-16-47-29-8-11-31-32(22-29)44(60)55(43(31)59)35-12-13-37(56)52-41(35)58/h6-11,14-15,21-22,24-25,27,35,39,47H,1-5,12-13,16-20,23H2,(H,48,49)(H,50,57)(H,52,56,58). The number of hydrogen-bond donors (Lipinski definition) is 4. The van der Waals surface area contributed by atoms with Gasteiger partial charge in [0.25, 0.3) is 24.1 Å². The molecule has 2 aromatic carbocycles. The Morgan fingerprint density at radius 1 is 0.905 bits per heavy atom.